The van der Waals surface area contributed by atoms with Gasteiger partial charge in [-0.1, -0.05) is 51.0 Å². The van der Waals surface area contributed by atoms with Crippen LogP contribution in [0.2, 0.25) is 0 Å². The van der Waals surface area contributed by atoms with E-state index in [-0.39, 0.29) is 0 Å². The molecule has 0 unspecified atom stereocenters. The highest BCUT2D eigenvalue weighted by Crippen LogP contribution is 2.35. The molecule has 0 saturated heterocycles. The fraction of sp³-hybridized carbons (Fsp3) is 0.684. The second kappa shape index (κ2) is 8.46. The molecule has 0 heterocycles. The first-order valence-corrected chi connectivity index (χ1v) is 8.65. The molecule has 1 aromatic carbocycles. The second-order valence-electron chi connectivity index (χ2n) is 6.27. The van der Waals surface area contributed by atoms with Crippen LogP contribution in [-0.2, 0) is 6.42 Å². The Balaban J connectivity index is 1.83. The van der Waals surface area contributed by atoms with Crippen LogP contribution in [0, 0.1) is 0 Å². The van der Waals surface area contributed by atoms with Gasteiger partial charge in [-0.05, 0) is 68.8 Å². The third kappa shape index (κ3) is 4.34. The predicted molar refractivity (Wildman–Crippen MR) is 88.4 cm³/mol. The maximum atomic E-state index is 2.70. The van der Waals surface area contributed by atoms with E-state index in [0.29, 0.717) is 0 Å². The summed E-state index contributed by atoms with van der Waals surface area (Å²) in [6.07, 6.45) is 9.35. The molecule has 2 rings (SSSR count). The van der Waals surface area contributed by atoms with Gasteiger partial charge in [0, 0.05) is 0 Å². The molecule has 0 spiro atoms. The lowest BCUT2D eigenvalue weighted by Gasteiger charge is -2.24. The second-order valence-corrected chi connectivity index (χ2v) is 6.27. The quantitative estimate of drug-likeness (QED) is 0.611. The fourth-order valence-electron chi connectivity index (χ4n) is 3.38. The first-order chi connectivity index (χ1) is 9.85. The van der Waals surface area contributed by atoms with E-state index in [0.717, 1.165) is 5.92 Å². The Morgan fingerprint density at radius 1 is 1.00 bits per heavy atom. The Labute approximate surface area is 125 Å². The minimum absolute atomic E-state index is 0.817. The summed E-state index contributed by atoms with van der Waals surface area (Å²) >= 11 is 0. The highest BCUT2D eigenvalue weighted by Gasteiger charge is 2.22. The van der Waals surface area contributed by atoms with Crippen molar-refractivity contribution < 1.29 is 0 Å². The van der Waals surface area contributed by atoms with Crippen molar-refractivity contribution >= 4 is 0 Å². The Morgan fingerprint density at radius 3 is 2.40 bits per heavy atom. The predicted octanol–water partition coefficient (Wildman–Crippen LogP) is 5.01. The average Bonchev–Trinajstić information content (AvgIpc) is 2.90. The van der Waals surface area contributed by atoms with Crippen LogP contribution in [-0.4, -0.2) is 24.5 Å². The van der Waals surface area contributed by atoms with Crippen LogP contribution in [0.1, 0.15) is 69.4 Å². The van der Waals surface area contributed by atoms with E-state index in [1.165, 1.54) is 64.6 Å². The molecule has 1 atom stereocenters. The molecule has 0 saturated carbocycles. The van der Waals surface area contributed by atoms with Gasteiger partial charge in [0.1, 0.15) is 0 Å². The van der Waals surface area contributed by atoms with Crippen molar-refractivity contribution in [3.8, 4) is 0 Å². The lowest BCUT2D eigenvalue weighted by atomic mass is 9.97. The first kappa shape index (κ1) is 15.6. The van der Waals surface area contributed by atoms with E-state index in [9.17, 15) is 0 Å². The molecule has 1 aromatic rings. The summed E-state index contributed by atoms with van der Waals surface area (Å²) in [6.45, 7) is 8.48. The molecule has 112 valence electrons. The molecule has 0 amide bonds. The number of hydrogen-bond donors (Lipinski definition) is 0. The van der Waals surface area contributed by atoms with Gasteiger partial charge < -0.3 is 4.90 Å². The molecule has 0 fully saturated rings. The van der Waals surface area contributed by atoms with Gasteiger partial charge in [0.05, 0.1) is 0 Å². The largest absolute Gasteiger partial charge is 0.303 e. The topological polar surface area (TPSA) is 3.24 Å². The fourth-order valence-corrected chi connectivity index (χ4v) is 3.38. The highest BCUT2D eigenvalue weighted by atomic mass is 15.1. The molecule has 0 N–H and O–H groups in total. The number of fused-ring (bicyclic) bond motifs is 1. The minimum Gasteiger partial charge on any atom is -0.303 e. The highest BCUT2D eigenvalue weighted by molar-refractivity contribution is 5.34. The summed E-state index contributed by atoms with van der Waals surface area (Å²) in [7, 11) is 0. The zero-order chi connectivity index (χ0) is 14.2. The Morgan fingerprint density at radius 2 is 1.70 bits per heavy atom. The van der Waals surface area contributed by atoms with E-state index in [1.807, 2.05) is 0 Å². The lowest BCUT2D eigenvalue weighted by Crippen LogP contribution is -2.28. The molecule has 1 aliphatic rings. The summed E-state index contributed by atoms with van der Waals surface area (Å²) in [4.78, 5) is 2.70. The molecule has 0 radical (unpaired) electrons. The first-order valence-electron chi connectivity index (χ1n) is 8.65. The van der Waals surface area contributed by atoms with Crippen LogP contribution in [0.15, 0.2) is 24.3 Å². The SMILES string of the molecule is CCCCN(CCCC)CC[C@H]1CCc2ccccc21. The zero-order valence-corrected chi connectivity index (χ0v) is 13.4. The van der Waals surface area contributed by atoms with Gasteiger partial charge in [-0.25, -0.2) is 0 Å². The summed E-state index contributed by atoms with van der Waals surface area (Å²) < 4.78 is 0. The number of rotatable bonds is 9. The van der Waals surface area contributed by atoms with Crippen molar-refractivity contribution in [2.45, 2.75) is 64.7 Å². The van der Waals surface area contributed by atoms with Gasteiger partial charge in [0.25, 0.3) is 0 Å². The summed E-state index contributed by atoms with van der Waals surface area (Å²) in [5.41, 5.74) is 3.24. The monoisotopic (exact) mass is 273 g/mol. The summed E-state index contributed by atoms with van der Waals surface area (Å²) in [5.74, 6) is 0.817. The number of hydrogen-bond acceptors (Lipinski definition) is 1. The van der Waals surface area contributed by atoms with Gasteiger partial charge in [-0.15, -0.1) is 0 Å². The molecule has 20 heavy (non-hydrogen) atoms. The average molecular weight is 273 g/mol. The van der Waals surface area contributed by atoms with Crippen molar-refractivity contribution in [2.24, 2.45) is 0 Å². The van der Waals surface area contributed by atoms with Crippen molar-refractivity contribution in [1.29, 1.82) is 0 Å². The molecule has 0 aromatic heterocycles. The molecular weight excluding hydrogens is 242 g/mol. The zero-order valence-electron chi connectivity index (χ0n) is 13.4. The Hall–Kier alpha value is -0.820. The third-order valence-corrected chi connectivity index (χ3v) is 4.71. The summed E-state index contributed by atoms with van der Waals surface area (Å²) in [6, 6.07) is 9.08. The smallest absolute Gasteiger partial charge is 0.00129 e. The van der Waals surface area contributed by atoms with Gasteiger partial charge in [-0.3, -0.25) is 0 Å². The maximum Gasteiger partial charge on any atom is -0.00129 e. The lowest BCUT2D eigenvalue weighted by molar-refractivity contribution is 0.254. The van der Waals surface area contributed by atoms with Crippen molar-refractivity contribution in [3.05, 3.63) is 35.4 Å². The van der Waals surface area contributed by atoms with Crippen molar-refractivity contribution in [1.82, 2.24) is 4.90 Å². The van der Waals surface area contributed by atoms with E-state index in [2.05, 4.69) is 43.0 Å². The molecule has 1 aliphatic carbocycles. The van der Waals surface area contributed by atoms with E-state index in [1.54, 1.807) is 11.1 Å². The molecular formula is C19H31N. The van der Waals surface area contributed by atoms with E-state index in [4.69, 9.17) is 0 Å². The van der Waals surface area contributed by atoms with Gasteiger partial charge >= 0.3 is 0 Å². The number of aryl methyl sites for hydroxylation is 1. The molecule has 0 bridgehead atoms. The standard InChI is InChI=1S/C19H31N/c1-3-5-14-20(15-6-4-2)16-13-18-12-11-17-9-7-8-10-19(17)18/h7-10,18H,3-6,11-16H2,1-2H3/t18-/m1/s1. The normalized spacial score (nSPS) is 17.6. The number of benzene rings is 1. The van der Waals surface area contributed by atoms with Crippen LogP contribution < -0.4 is 0 Å². The van der Waals surface area contributed by atoms with E-state index >= 15 is 0 Å². The van der Waals surface area contributed by atoms with Crippen LogP contribution in [0.5, 0.6) is 0 Å². The third-order valence-electron chi connectivity index (χ3n) is 4.71. The molecule has 1 heteroatoms. The van der Waals surface area contributed by atoms with Crippen LogP contribution in [0.25, 0.3) is 0 Å². The minimum atomic E-state index is 0.817. The van der Waals surface area contributed by atoms with Crippen molar-refractivity contribution in [3.63, 3.8) is 0 Å². The molecule has 1 nitrogen and oxygen atoms in total. The van der Waals surface area contributed by atoms with Crippen LogP contribution >= 0.6 is 0 Å². The van der Waals surface area contributed by atoms with Gasteiger partial charge in [0.2, 0.25) is 0 Å². The maximum absolute atomic E-state index is 2.70. The van der Waals surface area contributed by atoms with Crippen LogP contribution in [0.4, 0.5) is 0 Å². The Bertz CT molecular complexity index is 377. The van der Waals surface area contributed by atoms with Crippen molar-refractivity contribution in [2.75, 3.05) is 19.6 Å². The van der Waals surface area contributed by atoms with E-state index < -0.39 is 0 Å². The number of nitrogens with zero attached hydrogens (tertiary/aromatic N) is 1. The van der Waals surface area contributed by atoms with Crippen LogP contribution in [0.3, 0.4) is 0 Å². The number of unbranched alkanes of at least 4 members (excludes halogenated alkanes) is 2. The molecule has 0 aliphatic heterocycles. The van der Waals surface area contributed by atoms with Gasteiger partial charge in [-0.2, -0.15) is 0 Å². The summed E-state index contributed by atoms with van der Waals surface area (Å²) in [5, 5.41) is 0. The Kier molecular flexibility index (Phi) is 6.59. The van der Waals surface area contributed by atoms with Gasteiger partial charge in [0.15, 0.2) is 0 Å².